The minimum Gasteiger partial charge on any atom is -0.497 e. The lowest BCUT2D eigenvalue weighted by Crippen LogP contribution is -2.49. The Balaban J connectivity index is 1.63. The summed E-state index contributed by atoms with van der Waals surface area (Å²) in [5.41, 5.74) is 6.51. The molecule has 9 nitrogen and oxygen atoms in total. The van der Waals surface area contributed by atoms with E-state index in [1.165, 1.54) is 0 Å². The first-order valence-electron chi connectivity index (χ1n) is 9.25. The molecule has 2 heterocycles. The predicted octanol–water partition coefficient (Wildman–Crippen LogP) is 1.05. The molecule has 1 amide bonds. The van der Waals surface area contributed by atoms with E-state index in [4.69, 9.17) is 10.5 Å². The SMILES string of the molecule is COc1ccc(C(=O)N2CCN([C@H](C)c3nc(N)nc(N(C)C)n3)CC2)cc1. The van der Waals surface area contributed by atoms with Crippen LogP contribution in [0, 0.1) is 0 Å². The number of amides is 1. The fourth-order valence-corrected chi connectivity index (χ4v) is 3.18. The van der Waals surface area contributed by atoms with Crippen molar-refractivity contribution in [2.45, 2.75) is 13.0 Å². The van der Waals surface area contributed by atoms with E-state index >= 15 is 0 Å². The topological polar surface area (TPSA) is 101 Å². The van der Waals surface area contributed by atoms with E-state index in [0.717, 1.165) is 18.8 Å². The van der Waals surface area contributed by atoms with Crippen LogP contribution in [0.3, 0.4) is 0 Å². The third-order valence-electron chi connectivity index (χ3n) is 4.92. The molecule has 0 aliphatic carbocycles. The van der Waals surface area contributed by atoms with Crippen molar-refractivity contribution in [3.63, 3.8) is 0 Å². The van der Waals surface area contributed by atoms with Crippen molar-refractivity contribution in [3.05, 3.63) is 35.7 Å². The minimum atomic E-state index is -0.0118. The Kier molecular flexibility index (Phi) is 5.93. The summed E-state index contributed by atoms with van der Waals surface area (Å²) >= 11 is 0. The highest BCUT2D eigenvalue weighted by Crippen LogP contribution is 2.21. The van der Waals surface area contributed by atoms with E-state index in [0.29, 0.717) is 30.4 Å². The number of piperazine rings is 1. The molecule has 0 saturated carbocycles. The van der Waals surface area contributed by atoms with Crippen molar-refractivity contribution >= 4 is 17.8 Å². The smallest absolute Gasteiger partial charge is 0.253 e. The summed E-state index contributed by atoms with van der Waals surface area (Å²) in [5.74, 6) is 2.18. The fourth-order valence-electron chi connectivity index (χ4n) is 3.18. The highest BCUT2D eigenvalue weighted by atomic mass is 16.5. The zero-order valence-corrected chi connectivity index (χ0v) is 16.8. The number of nitrogens with two attached hydrogens (primary N) is 1. The Hall–Kier alpha value is -2.94. The maximum absolute atomic E-state index is 12.7. The molecular weight excluding hydrogens is 358 g/mol. The molecule has 1 saturated heterocycles. The van der Waals surface area contributed by atoms with Gasteiger partial charge in [0.05, 0.1) is 13.2 Å². The normalized spacial score (nSPS) is 15.9. The van der Waals surface area contributed by atoms with Crippen LogP contribution < -0.4 is 15.4 Å². The van der Waals surface area contributed by atoms with Gasteiger partial charge < -0.3 is 20.3 Å². The van der Waals surface area contributed by atoms with Gasteiger partial charge in [-0.2, -0.15) is 15.0 Å². The molecule has 3 rings (SSSR count). The number of nitrogen functional groups attached to an aromatic ring is 1. The second kappa shape index (κ2) is 8.39. The lowest BCUT2D eigenvalue weighted by Gasteiger charge is -2.37. The first-order valence-corrected chi connectivity index (χ1v) is 9.25. The molecule has 0 radical (unpaired) electrons. The molecule has 0 spiro atoms. The molecule has 2 aromatic rings. The van der Waals surface area contributed by atoms with Crippen LogP contribution in [0.5, 0.6) is 5.75 Å². The Morgan fingerprint density at radius 3 is 2.32 bits per heavy atom. The van der Waals surface area contributed by atoms with E-state index in [9.17, 15) is 4.79 Å². The quantitative estimate of drug-likeness (QED) is 0.815. The highest BCUT2D eigenvalue weighted by Gasteiger charge is 2.27. The monoisotopic (exact) mass is 385 g/mol. The standard InChI is InChI=1S/C19H27N7O2/c1-13(16-21-18(20)23-19(22-16)24(2)3)25-9-11-26(12-10-25)17(27)14-5-7-15(28-4)8-6-14/h5-8,13H,9-12H2,1-4H3,(H2,20,21,22,23)/t13-/m1/s1. The molecule has 2 N–H and O–H groups in total. The van der Waals surface area contributed by atoms with Gasteiger partial charge in [0.25, 0.3) is 5.91 Å². The second-order valence-electron chi connectivity index (χ2n) is 6.98. The average molecular weight is 385 g/mol. The maximum Gasteiger partial charge on any atom is 0.253 e. The van der Waals surface area contributed by atoms with Crippen LogP contribution in [0.15, 0.2) is 24.3 Å². The van der Waals surface area contributed by atoms with Crippen molar-refractivity contribution in [1.29, 1.82) is 0 Å². The van der Waals surface area contributed by atoms with Gasteiger partial charge in [-0.25, -0.2) is 0 Å². The molecular formula is C19H27N7O2. The number of carbonyl (C=O) groups is 1. The van der Waals surface area contributed by atoms with Gasteiger partial charge in [-0.3, -0.25) is 9.69 Å². The summed E-state index contributed by atoms with van der Waals surface area (Å²) in [4.78, 5) is 31.6. The number of rotatable bonds is 5. The van der Waals surface area contributed by atoms with Crippen molar-refractivity contribution in [2.24, 2.45) is 0 Å². The van der Waals surface area contributed by atoms with Gasteiger partial charge in [0.15, 0.2) is 5.82 Å². The molecule has 150 valence electrons. The van der Waals surface area contributed by atoms with Crippen molar-refractivity contribution in [2.75, 3.05) is 58.0 Å². The highest BCUT2D eigenvalue weighted by molar-refractivity contribution is 5.94. The van der Waals surface area contributed by atoms with E-state index in [-0.39, 0.29) is 17.9 Å². The van der Waals surface area contributed by atoms with Crippen LogP contribution in [0.4, 0.5) is 11.9 Å². The largest absolute Gasteiger partial charge is 0.497 e. The lowest BCUT2D eigenvalue weighted by molar-refractivity contribution is 0.0575. The van der Waals surface area contributed by atoms with Gasteiger partial charge in [0, 0.05) is 45.8 Å². The number of anilines is 2. The van der Waals surface area contributed by atoms with Gasteiger partial charge >= 0.3 is 0 Å². The maximum atomic E-state index is 12.7. The first kappa shape index (κ1) is 19.8. The number of carbonyl (C=O) groups excluding carboxylic acids is 1. The summed E-state index contributed by atoms with van der Waals surface area (Å²) in [6.45, 7) is 4.83. The van der Waals surface area contributed by atoms with Gasteiger partial charge in [-0.1, -0.05) is 0 Å². The van der Waals surface area contributed by atoms with Crippen LogP contribution in [-0.4, -0.2) is 78.0 Å². The van der Waals surface area contributed by atoms with Crippen LogP contribution >= 0.6 is 0 Å². The molecule has 1 aromatic carbocycles. The summed E-state index contributed by atoms with van der Waals surface area (Å²) in [5, 5.41) is 0. The fraction of sp³-hybridized carbons (Fsp3) is 0.474. The summed E-state index contributed by atoms with van der Waals surface area (Å²) in [7, 11) is 5.35. The summed E-state index contributed by atoms with van der Waals surface area (Å²) < 4.78 is 5.15. The number of hydrogen-bond donors (Lipinski definition) is 1. The Morgan fingerprint density at radius 2 is 1.75 bits per heavy atom. The lowest BCUT2D eigenvalue weighted by atomic mass is 10.1. The molecule has 1 fully saturated rings. The third kappa shape index (κ3) is 4.30. The van der Waals surface area contributed by atoms with Crippen LogP contribution in [0.2, 0.25) is 0 Å². The van der Waals surface area contributed by atoms with E-state index < -0.39 is 0 Å². The van der Waals surface area contributed by atoms with Crippen molar-refractivity contribution < 1.29 is 9.53 Å². The Bertz CT molecular complexity index is 818. The molecule has 0 bridgehead atoms. The molecule has 1 aromatic heterocycles. The van der Waals surface area contributed by atoms with Gasteiger partial charge in [0.2, 0.25) is 11.9 Å². The molecule has 0 unspecified atom stereocenters. The zero-order valence-electron chi connectivity index (χ0n) is 16.8. The number of benzene rings is 1. The molecule has 1 aliphatic heterocycles. The van der Waals surface area contributed by atoms with Crippen molar-refractivity contribution in [1.82, 2.24) is 24.8 Å². The average Bonchev–Trinajstić information content (AvgIpc) is 2.72. The van der Waals surface area contributed by atoms with E-state index in [1.54, 1.807) is 36.3 Å². The molecule has 1 aliphatic rings. The van der Waals surface area contributed by atoms with E-state index in [2.05, 4.69) is 26.8 Å². The van der Waals surface area contributed by atoms with Crippen LogP contribution in [0.25, 0.3) is 0 Å². The molecule has 28 heavy (non-hydrogen) atoms. The number of methoxy groups -OCH3 is 1. The van der Waals surface area contributed by atoms with Gasteiger partial charge in [-0.15, -0.1) is 0 Å². The number of aromatic nitrogens is 3. The third-order valence-corrected chi connectivity index (χ3v) is 4.92. The number of ether oxygens (including phenoxy) is 1. The molecule has 1 atom stereocenters. The second-order valence-corrected chi connectivity index (χ2v) is 6.98. The van der Waals surface area contributed by atoms with E-state index in [1.807, 2.05) is 19.0 Å². The number of nitrogens with zero attached hydrogens (tertiary/aromatic N) is 6. The number of hydrogen-bond acceptors (Lipinski definition) is 8. The summed E-state index contributed by atoms with van der Waals surface area (Å²) in [6.07, 6.45) is 0. The molecule has 9 heteroatoms. The minimum absolute atomic E-state index is 0.0118. The van der Waals surface area contributed by atoms with Crippen molar-refractivity contribution in [3.8, 4) is 5.75 Å². The Labute approximate surface area is 165 Å². The summed E-state index contributed by atoms with van der Waals surface area (Å²) in [6, 6.07) is 7.19. The Morgan fingerprint density at radius 1 is 1.11 bits per heavy atom. The van der Waals surface area contributed by atoms with Crippen LogP contribution in [0.1, 0.15) is 29.1 Å². The predicted molar refractivity (Wildman–Crippen MR) is 107 cm³/mol. The zero-order chi connectivity index (χ0) is 20.3. The van der Waals surface area contributed by atoms with Gasteiger partial charge in [0.1, 0.15) is 5.75 Å². The van der Waals surface area contributed by atoms with Gasteiger partial charge in [-0.05, 0) is 31.2 Å². The first-order chi connectivity index (χ1) is 13.4. The van der Waals surface area contributed by atoms with Crippen LogP contribution in [-0.2, 0) is 0 Å².